The van der Waals surface area contributed by atoms with Gasteiger partial charge in [-0.25, -0.2) is 0 Å². The van der Waals surface area contributed by atoms with Gasteiger partial charge < -0.3 is 0 Å². The van der Waals surface area contributed by atoms with Crippen LogP contribution in [-0.4, -0.2) is 0 Å². The number of fused-ring (bicyclic) bond motifs is 2. The summed E-state index contributed by atoms with van der Waals surface area (Å²) in [7, 11) is 0. The summed E-state index contributed by atoms with van der Waals surface area (Å²) in [6.45, 7) is 8.33. The predicted octanol–water partition coefficient (Wildman–Crippen LogP) is 6.00. The first kappa shape index (κ1) is 18.0. The molecule has 0 radical (unpaired) electrons. The van der Waals surface area contributed by atoms with Gasteiger partial charge in [0.15, 0.2) is 0 Å². The van der Waals surface area contributed by atoms with Gasteiger partial charge in [0.2, 0.25) is 0 Å². The molecular weight excluding hydrogens is 340 g/mol. The van der Waals surface area contributed by atoms with Gasteiger partial charge in [-0.1, -0.05) is 43.3 Å². The van der Waals surface area contributed by atoms with Crippen molar-refractivity contribution in [2.75, 3.05) is 0 Å². The largest absolute Gasteiger partial charge is 0.192 e. The fourth-order valence-corrected chi connectivity index (χ4v) is 4.60. The molecule has 0 aromatic heterocycles. The van der Waals surface area contributed by atoms with Gasteiger partial charge in [-0.05, 0) is 77.4 Å². The molecule has 28 heavy (non-hydrogen) atoms. The monoisotopic (exact) mass is 362 g/mol. The Morgan fingerprint density at radius 2 is 1.21 bits per heavy atom. The number of benzene rings is 3. The van der Waals surface area contributed by atoms with Crippen LogP contribution in [-0.2, 0) is 0 Å². The van der Waals surface area contributed by atoms with Crippen LogP contribution >= 0.6 is 0 Å². The van der Waals surface area contributed by atoms with Crippen molar-refractivity contribution in [1.29, 1.82) is 10.5 Å². The van der Waals surface area contributed by atoms with Crippen LogP contribution < -0.4 is 0 Å². The Hall–Kier alpha value is -3.36. The van der Waals surface area contributed by atoms with Gasteiger partial charge in [0, 0.05) is 11.8 Å². The second kappa shape index (κ2) is 6.66. The minimum Gasteiger partial charge on any atom is -0.192 e. The van der Waals surface area contributed by atoms with Gasteiger partial charge in [0.25, 0.3) is 0 Å². The van der Waals surface area contributed by atoms with Crippen molar-refractivity contribution in [1.82, 2.24) is 0 Å². The van der Waals surface area contributed by atoms with Crippen LogP contribution in [0.3, 0.4) is 0 Å². The first-order valence-corrected chi connectivity index (χ1v) is 9.60. The third-order valence-corrected chi connectivity index (χ3v) is 6.15. The highest BCUT2D eigenvalue weighted by atomic mass is 14.4. The zero-order valence-electron chi connectivity index (χ0n) is 16.7. The molecule has 0 heterocycles. The van der Waals surface area contributed by atoms with Gasteiger partial charge in [-0.2, -0.15) is 10.5 Å². The topological polar surface area (TPSA) is 47.6 Å². The average Bonchev–Trinajstić information content (AvgIpc) is 2.70. The summed E-state index contributed by atoms with van der Waals surface area (Å²) in [5, 5.41) is 19.0. The van der Waals surface area contributed by atoms with E-state index in [4.69, 9.17) is 0 Å². The summed E-state index contributed by atoms with van der Waals surface area (Å²) in [5.74, 6) is 0.357. The van der Waals surface area contributed by atoms with Gasteiger partial charge in [-0.15, -0.1) is 0 Å². The quantitative estimate of drug-likeness (QED) is 0.533. The molecule has 0 bridgehead atoms. The Morgan fingerprint density at radius 3 is 1.86 bits per heavy atom. The third kappa shape index (κ3) is 2.62. The van der Waals surface area contributed by atoms with Crippen LogP contribution in [0.25, 0.3) is 0 Å². The summed E-state index contributed by atoms with van der Waals surface area (Å²) in [4.78, 5) is 0. The molecule has 3 aromatic carbocycles. The van der Waals surface area contributed by atoms with E-state index in [1.54, 1.807) is 0 Å². The average molecular weight is 362 g/mol. The summed E-state index contributed by atoms with van der Waals surface area (Å²) in [6.07, 6.45) is 0. The van der Waals surface area contributed by atoms with Gasteiger partial charge in [0.05, 0.1) is 23.3 Å². The predicted molar refractivity (Wildman–Crippen MR) is 111 cm³/mol. The van der Waals surface area contributed by atoms with Gasteiger partial charge in [-0.3, -0.25) is 0 Å². The van der Waals surface area contributed by atoms with Crippen molar-refractivity contribution in [3.8, 4) is 12.1 Å². The summed E-state index contributed by atoms with van der Waals surface area (Å²) < 4.78 is 0. The molecule has 0 spiro atoms. The number of nitrogens with zero attached hydrogens (tertiary/aromatic N) is 2. The molecule has 1 aliphatic rings. The molecule has 0 N–H and O–H groups in total. The standard InChI is InChI=1S/C26H22N2/c1-15-10-23(17(3)9-19(15)13-27)26-22-8-6-5-7-21(22)18(4)24-11-16(2)20(14-28)12-25(24)26/h5-12,18,26H,1-4H3. The smallest absolute Gasteiger partial charge is 0.0994 e. The third-order valence-electron chi connectivity index (χ3n) is 6.15. The van der Waals surface area contributed by atoms with Crippen LogP contribution in [0.4, 0.5) is 0 Å². The lowest BCUT2D eigenvalue weighted by molar-refractivity contribution is 0.788. The highest BCUT2D eigenvalue weighted by Gasteiger charge is 2.32. The first-order chi connectivity index (χ1) is 13.5. The summed E-state index contributed by atoms with van der Waals surface area (Å²) in [6, 6.07) is 21.7. The van der Waals surface area contributed by atoms with Gasteiger partial charge >= 0.3 is 0 Å². The van der Waals surface area contributed by atoms with Crippen molar-refractivity contribution in [2.45, 2.75) is 39.5 Å². The van der Waals surface area contributed by atoms with E-state index in [0.717, 1.165) is 27.8 Å². The molecule has 3 aromatic rings. The zero-order valence-corrected chi connectivity index (χ0v) is 16.7. The molecule has 0 amide bonds. The van der Waals surface area contributed by atoms with E-state index in [1.165, 1.54) is 27.8 Å². The minimum atomic E-state index is 0.0709. The van der Waals surface area contributed by atoms with Crippen molar-refractivity contribution in [3.05, 3.63) is 104 Å². The van der Waals surface area contributed by atoms with Gasteiger partial charge in [0.1, 0.15) is 0 Å². The highest BCUT2D eigenvalue weighted by molar-refractivity contribution is 5.62. The molecule has 2 heteroatoms. The molecule has 0 saturated heterocycles. The number of nitriles is 2. The Kier molecular flexibility index (Phi) is 4.29. The molecule has 2 unspecified atom stereocenters. The summed E-state index contributed by atoms with van der Waals surface area (Å²) >= 11 is 0. The van der Waals surface area contributed by atoms with E-state index in [-0.39, 0.29) is 11.8 Å². The molecule has 4 rings (SSSR count). The number of hydrogen-bond acceptors (Lipinski definition) is 2. The lowest BCUT2D eigenvalue weighted by Gasteiger charge is -2.34. The fraction of sp³-hybridized carbons (Fsp3) is 0.231. The maximum Gasteiger partial charge on any atom is 0.0994 e. The van der Waals surface area contributed by atoms with E-state index >= 15 is 0 Å². The number of hydrogen-bond donors (Lipinski definition) is 0. The van der Waals surface area contributed by atoms with E-state index in [9.17, 15) is 10.5 Å². The Bertz CT molecular complexity index is 1190. The normalized spacial score (nSPS) is 17.2. The van der Waals surface area contributed by atoms with Crippen molar-refractivity contribution < 1.29 is 0 Å². The van der Waals surface area contributed by atoms with Crippen LogP contribution in [0.1, 0.15) is 74.4 Å². The second-order valence-electron chi connectivity index (χ2n) is 7.83. The molecule has 136 valence electrons. The maximum absolute atomic E-state index is 9.62. The minimum absolute atomic E-state index is 0.0709. The summed E-state index contributed by atoms with van der Waals surface area (Å²) in [5.41, 5.74) is 10.9. The first-order valence-electron chi connectivity index (χ1n) is 9.60. The Morgan fingerprint density at radius 1 is 0.643 bits per heavy atom. The lowest BCUT2D eigenvalue weighted by Crippen LogP contribution is -2.19. The van der Waals surface area contributed by atoms with Crippen molar-refractivity contribution >= 4 is 0 Å². The maximum atomic E-state index is 9.62. The van der Waals surface area contributed by atoms with Crippen LogP contribution in [0.2, 0.25) is 0 Å². The number of aryl methyl sites for hydroxylation is 3. The molecule has 2 nitrogen and oxygen atoms in total. The Labute approximate surface area is 166 Å². The molecule has 0 saturated carbocycles. The van der Waals surface area contributed by atoms with E-state index in [0.29, 0.717) is 0 Å². The molecule has 1 aliphatic carbocycles. The zero-order chi connectivity index (χ0) is 20.0. The van der Waals surface area contributed by atoms with Crippen molar-refractivity contribution in [2.24, 2.45) is 0 Å². The molecule has 2 atom stereocenters. The second-order valence-corrected chi connectivity index (χ2v) is 7.83. The SMILES string of the molecule is Cc1cc(C2c3ccccc3C(C)c3cc(C)c(C#N)cc32)c(C)cc1C#N. The lowest BCUT2D eigenvalue weighted by atomic mass is 9.69. The van der Waals surface area contributed by atoms with E-state index in [1.807, 2.05) is 19.9 Å². The molecular formula is C26H22N2. The molecule has 0 aliphatic heterocycles. The fourth-order valence-electron chi connectivity index (χ4n) is 4.60. The molecule has 0 fully saturated rings. The van der Waals surface area contributed by atoms with Crippen LogP contribution in [0.15, 0.2) is 48.5 Å². The van der Waals surface area contributed by atoms with Crippen LogP contribution in [0.5, 0.6) is 0 Å². The highest BCUT2D eigenvalue weighted by Crippen LogP contribution is 2.47. The van der Waals surface area contributed by atoms with E-state index < -0.39 is 0 Å². The van der Waals surface area contributed by atoms with E-state index in [2.05, 4.69) is 68.5 Å². The Balaban J connectivity index is 2.07. The van der Waals surface area contributed by atoms with Crippen molar-refractivity contribution in [3.63, 3.8) is 0 Å². The van der Waals surface area contributed by atoms with Crippen LogP contribution in [0, 0.1) is 43.4 Å². The number of rotatable bonds is 1.